The molecule has 1 heterocycles. The lowest BCUT2D eigenvalue weighted by Crippen LogP contribution is -2.45. The SMILES string of the molecule is O=[N+]([O-])c1ccc(N/C(=N/S(=O)(=O)C(F)(F)F)N2CCOCC2)cc1. The molecule has 25 heavy (non-hydrogen) atoms. The van der Waals surface area contributed by atoms with E-state index in [4.69, 9.17) is 4.74 Å². The van der Waals surface area contributed by atoms with Gasteiger partial charge in [0, 0.05) is 30.9 Å². The molecule has 1 aliphatic heterocycles. The van der Waals surface area contributed by atoms with Crippen molar-refractivity contribution in [2.24, 2.45) is 4.40 Å². The Kier molecular flexibility index (Phi) is 5.47. The number of hydrogen-bond acceptors (Lipinski definition) is 5. The summed E-state index contributed by atoms with van der Waals surface area (Å²) >= 11 is 0. The van der Waals surface area contributed by atoms with E-state index in [2.05, 4.69) is 9.71 Å². The zero-order chi connectivity index (χ0) is 18.7. The first-order valence-electron chi connectivity index (χ1n) is 6.85. The van der Waals surface area contributed by atoms with Crippen LogP contribution in [0.5, 0.6) is 0 Å². The number of halogens is 3. The molecule has 1 saturated heterocycles. The molecule has 0 aromatic heterocycles. The van der Waals surface area contributed by atoms with Gasteiger partial charge in [-0.05, 0) is 12.1 Å². The number of morpholine rings is 1. The van der Waals surface area contributed by atoms with Gasteiger partial charge in [-0.15, -0.1) is 4.40 Å². The summed E-state index contributed by atoms with van der Waals surface area (Å²) in [5.74, 6) is -0.533. The average Bonchev–Trinajstić information content (AvgIpc) is 2.54. The fourth-order valence-corrected chi connectivity index (χ4v) is 2.39. The van der Waals surface area contributed by atoms with Gasteiger partial charge in [0.15, 0.2) is 0 Å². The molecule has 0 aliphatic carbocycles. The molecule has 138 valence electrons. The van der Waals surface area contributed by atoms with Crippen molar-refractivity contribution in [2.45, 2.75) is 5.51 Å². The van der Waals surface area contributed by atoms with Crippen LogP contribution in [0.3, 0.4) is 0 Å². The topological polar surface area (TPSA) is 114 Å². The number of alkyl halides is 3. The standard InChI is InChI=1S/C12H13F3N4O5S/c13-12(14,15)25(22,23)17-11(18-5-7-24-8-6-18)16-9-1-3-10(4-2-9)19(20)21/h1-4H,5-8H2,(H,16,17). The Morgan fingerprint density at radius 1 is 1.24 bits per heavy atom. The highest BCUT2D eigenvalue weighted by atomic mass is 32.2. The smallest absolute Gasteiger partial charge is 0.378 e. The van der Waals surface area contributed by atoms with Crippen LogP contribution in [0.15, 0.2) is 28.7 Å². The van der Waals surface area contributed by atoms with Crippen LogP contribution in [0.1, 0.15) is 0 Å². The van der Waals surface area contributed by atoms with Crippen molar-refractivity contribution in [1.29, 1.82) is 0 Å². The number of benzene rings is 1. The number of hydrogen-bond donors (Lipinski definition) is 1. The van der Waals surface area contributed by atoms with Crippen molar-refractivity contribution in [3.8, 4) is 0 Å². The second-order valence-electron chi connectivity index (χ2n) is 4.86. The van der Waals surface area contributed by atoms with Crippen molar-refractivity contribution < 1.29 is 31.2 Å². The van der Waals surface area contributed by atoms with Crippen molar-refractivity contribution in [3.63, 3.8) is 0 Å². The molecule has 2 rings (SSSR count). The van der Waals surface area contributed by atoms with Crippen LogP contribution in [0, 0.1) is 10.1 Å². The predicted molar refractivity (Wildman–Crippen MR) is 81.5 cm³/mol. The van der Waals surface area contributed by atoms with Gasteiger partial charge in [0.25, 0.3) is 5.69 Å². The number of nitrogens with zero attached hydrogens (tertiary/aromatic N) is 3. The Balaban J connectivity index is 2.33. The number of sulfonamides is 1. The molecular weight excluding hydrogens is 369 g/mol. The van der Waals surface area contributed by atoms with Crippen molar-refractivity contribution in [3.05, 3.63) is 34.4 Å². The van der Waals surface area contributed by atoms with Crippen molar-refractivity contribution in [2.75, 3.05) is 31.6 Å². The van der Waals surface area contributed by atoms with Gasteiger partial charge < -0.3 is 15.0 Å². The number of non-ortho nitro benzene ring substituents is 1. The minimum Gasteiger partial charge on any atom is -0.378 e. The maximum atomic E-state index is 12.6. The van der Waals surface area contributed by atoms with E-state index >= 15 is 0 Å². The zero-order valence-corrected chi connectivity index (χ0v) is 13.4. The minimum absolute atomic E-state index is 0.131. The molecular formula is C12H13F3N4O5S. The van der Waals surface area contributed by atoms with Gasteiger partial charge in [-0.25, -0.2) is 0 Å². The lowest BCUT2D eigenvalue weighted by Gasteiger charge is -2.30. The second-order valence-corrected chi connectivity index (χ2v) is 6.46. The Morgan fingerprint density at radius 3 is 2.28 bits per heavy atom. The summed E-state index contributed by atoms with van der Waals surface area (Å²) in [7, 11) is -5.75. The van der Waals surface area contributed by atoms with Gasteiger partial charge >= 0.3 is 15.5 Å². The van der Waals surface area contributed by atoms with Gasteiger partial charge in [0.05, 0.1) is 18.1 Å². The Labute approximate surface area is 140 Å². The van der Waals surface area contributed by atoms with Crippen LogP contribution in [-0.2, 0) is 14.8 Å². The molecule has 1 fully saturated rings. The van der Waals surface area contributed by atoms with Crippen LogP contribution < -0.4 is 5.32 Å². The van der Waals surface area contributed by atoms with E-state index in [0.29, 0.717) is 0 Å². The van der Waals surface area contributed by atoms with E-state index in [1.54, 1.807) is 0 Å². The Hall–Kier alpha value is -2.41. The molecule has 13 heteroatoms. The molecule has 0 saturated carbocycles. The predicted octanol–water partition coefficient (Wildman–Crippen LogP) is 1.54. The molecule has 0 spiro atoms. The second kappa shape index (κ2) is 7.23. The van der Waals surface area contributed by atoms with E-state index in [1.165, 1.54) is 17.0 Å². The lowest BCUT2D eigenvalue weighted by molar-refractivity contribution is -0.384. The number of guanidine groups is 1. The van der Waals surface area contributed by atoms with E-state index in [1.807, 2.05) is 0 Å². The van der Waals surface area contributed by atoms with Gasteiger partial charge in [-0.1, -0.05) is 0 Å². The quantitative estimate of drug-likeness (QED) is 0.365. The maximum absolute atomic E-state index is 12.6. The van der Waals surface area contributed by atoms with Crippen molar-refractivity contribution >= 4 is 27.4 Å². The molecule has 1 aromatic carbocycles. The van der Waals surface area contributed by atoms with E-state index in [9.17, 15) is 31.7 Å². The first-order valence-corrected chi connectivity index (χ1v) is 8.29. The number of anilines is 1. The van der Waals surface area contributed by atoms with Gasteiger partial charge in [0.2, 0.25) is 5.96 Å². The first kappa shape index (κ1) is 18.9. The van der Waals surface area contributed by atoms with Crippen LogP contribution in [0.4, 0.5) is 24.5 Å². The number of ether oxygens (including phenoxy) is 1. The third-order valence-electron chi connectivity index (χ3n) is 3.14. The summed E-state index contributed by atoms with van der Waals surface area (Å²) in [6.45, 7) is 0.637. The number of nitro groups is 1. The number of rotatable bonds is 3. The summed E-state index contributed by atoms with van der Waals surface area (Å²) in [5.41, 5.74) is -5.62. The summed E-state index contributed by atoms with van der Waals surface area (Å²) < 4.78 is 68.4. The zero-order valence-electron chi connectivity index (χ0n) is 12.6. The number of nitro benzene ring substituents is 1. The summed E-state index contributed by atoms with van der Waals surface area (Å²) in [6, 6.07) is 4.71. The highest BCUT2D eigenvalue weighted by molar-refractivity contribution is 7.91. The van der Waals surface area contributed by atoms with E-state index < -0.39 is 26.4 Å². The van der Waals surface area contributed by atoms with Gasteiger partial charge in [-0.3, -0.25) is 10.1 Å². The summed E-state index contributed by atoms with van der Waals surface area (Å²) in [4.78, 5) is 11.3. The lowest BCUT2D eigenvalue weighted by atomic mass is 10.3. The first-order chi connectivity index (χ1) is 11.6. The van der Waals surface area contributed by atoms with Crippen LogP contribution in [0.2, 0.25) is 0 Å². The molecule has 0 atom stereocenters. The monoisotopic (exact) mass is 382 g/mol. The van der Waals surface area contributed by atoms with Crippen LogP contribution in [0.25, 0.3) is 0 Å². The highest BCUT2D eigenvalue weighted by Crippen LogP contribution is 2.25. The largest absolute Gasteiger partial charge is 0.518 e. The molecule has 1 N–H and O–H groups in total. The Morgan fingerprint density at radius 2 is 1.80 bits per heavy atom. The highest BCUT2D eigenvalue weighted by Gasteiger charge is 2.46. The molecule has 9 nitrogen and oxygen atoms in total. The molecule has 0 radical (unpaired) electrons. The average molecular weight is 382 g/mol. The third-order valence-corrected chi connectivity index (χ3v) is 4.14. The van der Waals surface area contributed by atoms with E-state index in [-0.39, 0.29) is 37.7 Å². The summed E-state index contributed by atoms with van der Waals surface area (Å²) in [6.07, 6.45) is 0. The number of nitrogens with one attached hydrogen (secondary N) is 1. The summed E-state index contributed by atoms with van der Waals surface area (Å²) in [5, 5.41) is 13.1. The Bertz CT molecular complexity index is 758. The normalized spacial score (nSPS) is 16.6. The molecule has 1 aliphatic rings. The molecule has 0 bridgehead atoms. The maximum Gasteiger partial charge on any atom is 0.518 e. The van der Waals surface area contributed by atoms with Gasteiger partial charge in [-0.2, -0.15) is 21.6 Å². The minimum atomic E-state index is -5.75. The van der Waals surface area contributed by atoms with Gasteiger partial charge in [0.1, 0.15) is 0 Å². The molecule has 0 amide bonds. The third kappa shape index (κ3) is 4.79. The van der Waals surface area contributed by atoms with E-state index in [0.717, 1.165) is 12.1 Å². The fraction of sp³-hybridized carbons (Fsp3) is 0.417. The van der Waals surface area contributed by atoms with Crippen LogP contribution >= 0.6 is 0 Å². The molecule has 0 unspecified atom stereocenters. The van der Waals surface area contributed by atoms with Crippen molar-refractivity contribution in [1.82, 2.24) is 4.90 Å². The van der Waals surface area contributed by atoms with Crippen LogP contribution in [-0.4, -0.2) is 56.0 Å². The fourth-order valence-electron chi connectivity index (χ4n) is 1.90. The molecule has 1 aromatic rings.